The van der Waals surface area contributed by atoms with Crippen LogP contribution in [0.1, 0.15) is 5.56 Å². The number of fused-ring (bicyclic) bond motifs is 1. The lowest BCUT2D eigenvalue weighted by molar-refractivity contribution is 0.621. The number of oxazole rings is 1. The molecule has 0 atom stereocenters. The Bertz CT molecular complexity index is 979. The molecule has 1 aromatic carbocycles. The summed E-state index contributed by atoms with van der Waals surface area (Å²) in [5, 5.41) is 16.5. The second-order valence-electron chi connectivity index (χ2n) is 4.73. The van der Waals surface area contributed by atoms with Crippen LogP contribution in [0, 0.1) is 11.3 Å². The summed E-state index contributed by atoms with van der Waals surface area (Å²) in [6, 6.07) is 15.3. The topological polar surface area (TPSA) is 92.6 Å². The molecule has 3 aromatic heterocycles. The van der Waals surface area contributed by atoms with Crippen molar-refractivity contribution in [2.24, 2.45) is 0 Å². The number of hydrogen-bond donors (Lipinski definition) is 1. The van der Waals surface area contributed by atoms with Gasteiger partial charge in [0.05, 0.1) is 6.20 Å². The van der Waals surface area contributed by atoms with E-state index in [0.717, 1.165) is 5.52 Å². The van der Waals surface area contributed by atoms with E-state index in [9.17, 15) is 5.26 Å². The molecule has 7 nitrogen and oxygen atoms in total. The normalized spacial score (nSPS) is 10.6. The van der Waals surface area contributed by atoms with Crippen molar-refractivity contribution in [2.45, 2.75) is 0 Å². The van der Waals surface area contributed by atoms with Gasteiger partial charge in [0.15, 0.2) is 17.2 Å². The number of hydrogen-bond acceptors (Lipinski definition) is 6. The summed E-state index contributed by atoms with van der Waals surface area (Å²) in [4.78, 5) is 8.59. The van der Waals surface area contributed by atoms with Crippen molar-refractivity contribution in [3.8, 4) is 11.9 Å². The third-order valence-electron chi connectivity index (χ3n) is 3.28. The summed E-state index contributed by atoms with van der Waals surface area (Å²) in [7, 11) is 0. The molecule has 3 heterocycles. The van der Waals surface area contributed by atoms with E-state index in [0.29, 0.717) is 28.8 Å². The van der Waals surface area contributed by atoms with Crippen molar-refractivity contribution in [2.75, 3.05) is 5.32 Å². The summed E-state index contributed by atoms with van der Waals surface area (Å²) >= 11 is 0. The molecule has 0 saturated heterocycles. The van der Waals surface area contributed by atoms with Crippen LogP contribution in [0.5, 0.6) is 0 Å². The van der Waals surface area contributed by atoms with Gasteiger partial charge in [-0.2, -0.15) is 20.0 Å². The van der Waals surface area contributed by atoms with E-state index in [1.54, 1.807) is 12.3 Å². The van der Waals surface area contributed by atoms with Gasteiger partial charge in [0, 0.05) is 6.20 Å². The predicted octanol–water partition coefficient (Wildman–Crippen LogP) is 3.02. The Kier molecular flexibility index (Phi) is 2.99. The Labute approximate surface area is 130 Å². The second-order valence-corrected chi connectivity index (χ2v) is 4.73. The Balaban J connectivity index is 1.79. The van der Waals surface area contributed by atoms with Gasteiger partial charge in [-0.15, -0.1) is 0 Å². The van der Waals surface area contributed by atoms with Crippen molar-refractivity contribution in [1.82, 2.24) is 19.7 Å². The first-order chi connectivity index (χ1) is 11.3. The number of pyridine rings is 1. The molecule has 1 N–H and O–H groups in total. The van der Waals surface area contributed by atoms with E-state index >= 15 is 0 Å². The van der Waals surface area contributed by atoms with Crippen LogP contribution in [0.15, 0.2) is 59.3 Å². The minimum Gasteiger partial charge on any atom is -0.423 e. The fraction of sp³-hybridized carbons (Fsp3) is 0. The van der Waals surface area contributed by atoms with Gasteiger partial charge in [-0.05, 0) is 24.3 Å². The third kappa shape index (κ3) is 2.28. The number of nitriles is 1. The Morgan fingerprint density at radius 3 is 2.78 bits per heavy atom. The van der Waals surface area contributed by atoms with Crippen molar-refractivity contribution in [3.05, 3.63) is 60.4 Å². The van der Waals surface area contributed by atoms with Crippen LogP contribution < -0.4 is 5.32 Å². The van der Waals surface area contributed by atoms with Crippen LogP contribution in [0.25, 0.3) is 16.9 Å². The maximum Gasteiger partial charge on any atom is 0.301 e. The summed E-state index contributed by atoms with van der Waals surface area (Å²) in [6.07, 6.45) is 3.13. The van der Waals surface area contributed by atoms with Crippen LogP contribution in [0.4, 0.5) is 11.8 Å². The maximum absolute atomic E-state index is 9.28. The van der Waals surface area contributed by atoms with Gasteiger partial charge < -0.3 is 4.42 Å². The fourth-order valence-electron chi connectivity index (χ4n) is 2.23. The van der Waals surface area contributed by atoms with Crippen LogP contribution in [-0.4, -0.2) is 19.7 Å². The van der Waals surface area contributed by atoms with Gasteiger partial charge in [-0.25, -0.2) is 4.98 Å². The minimum absolute atomic E-state index is 0.292. The quantitative estimate of drug-likeness (QED) is 0.625. The summed E-state index contributed by atoms with van der Waals surface area (Å²) < 4.78 is 7.17. The van der Waals surface area contributed by atoms with Gasteiger partial charge in [0.25, 0.3) is 0 Å². The zero-order chi connectivity index (χ0) is 15.6. The van der Waals surface area contributed by atoms with Crippen molar-refractivity contribution in [1.29, 1.82) is 5.26 Å². The number of nitrogens with zero attached hydrogens (tertiary/aromatic N) is 5. The second kappa shape index (κ2) is 5.27. The number of aromatic nitrogens is 4. The Morgan fingerprint density at radius 1 is 1.13 bits per heavy atom. The molecule has 7 heteroatoms. The van der Waals surface area contributed by atoms with Gasteiger partial charge >= 0.3 is 6.01 Å². The monoisotopic (exact) mass is 302 g/mol. The number of benzene rings is 1. The molecule has 23 heavy (non-hydrogen) atoms. The zero-order valence-corrected chi connectivity index (χ0v) is 11.8. The van der Waals surface area contributed by atoms with Crippen molar-refractivity contribution < 1.29 is 4.42 Å². The van der Waals surface area contributed by atoms with Crippen LogP contribution in [0.2, 0.25) is 0 Å². The Hall–Kier alpha value is -3.66. The van der Waals surface area contributed by atoms with Gasteiger partial charge in [0.2, 0.25) is 0 Å². The molecular formula is C16H10N6O. The molecule has 0 radical (unpaired) electrons. The molecule has 0 amide bonds. The molecular weight excluding hydrogens is 292 g/mol. The average Bonchev–Trinajstić information content (AvgIpc) is 3.19. The maximum atomic E-state index is 9.28. The van der Waals surface area contributed by atoms with Crippen LogP contribution >= 0.6 is 0 Å². The molecule has 4 rings (SSSR count). The Morgan fingerprint density at radius 2 is 2.00 bits per heavy atom. The average molecular weight is 302 g/mol. The lowest BCUT2D eigenvalue weighted by atomic mass is 10.3. The first-order valence-corrected chi connectivity index (χ1v) is 6.87. The van der Waals surface area contributed by atoms with E-state index in [-0.39, 0.29) is 0 Å². The molecule has 0 bridgehead atoms. The minimum atomic E-state index is 0.292. The van der Waals surface area contributed by atoms with Crippen molar-refractivity contribution >= 4 is 22.9 Å². The first kappa shape index (κ1) is 13.0. The number of nitrogens with one attached hydrogen (secondary N) is 1. The summed E-state index contributed by atoms with van der Waals surface area (Å²) in [5.41, 5.74) is 1.77. The van der Waals surface area contributed by atoms with Gasteiger partial charge in [-0.1, -0.05) is 18.2 Å². The standard InChI is InChI=1S/C16H10N6O/c17-9-11-10-19-22(14-7-3-4-8-18-14)15(11)21-16-20-12-5-1-2-6-13(12)23-16/h1-8,10H,(H,20,21). The lowest BCUT2D eigenvalue weighted by Gasteiger charge is -2.06. The number of rotatable bonds is 3. The molecule has 110 valence electrons. The largest absolute Gasteiger partial charge is 0.423 e. The molecule has 0 fully saturated rings. The molecule has 0 aliphatic rings. The highest BCUT2D eigenvalue weighted by molar-refractivity contribution is 5.75. The van der Waals surface area contributed by atoms with Crippen LogP contribution in [-0.2, 0) is 0 Å². The van der Waals surface area contributed by atoms with Crippen molar-refractivity contribution in [3.63, 3.8) is 0 Å². The highest BCUT2D eigenvalue weighted by Crippen LogP contribution is 2.25. The van der Waals surface area contributed by atoms with Gasteiger partial charge in [-0.3, -0.25) is 5.32 Å². The first-order valence-electron chi connectivity index (χ1n) is 6.87. The molecule has 0 saturated carbocycles. The highest BCUT2D eigenvalue weighted by atomic mass is 16.4. The molecule has 0 aliphatic carbocycles. The SMILES string of the molecule is N#Cc1cnn(-c2ccccn2)c1Nc1nc2ccccc2o1. The summed E-state index contributed by atoms with van der Waals surface area (Å²) in [6.45, 7) is 0. The molecule has 0 unspecified atom stereocenters. The van der Waals surface area contributed by atoms with Gasteiger partial charge in [0.1, 0.15) is 17.1 Å². The summed E-state index contributed by atoms with van der Waals surface area (Å²) in [5.74, 6) is 1.05. The van der Waals surface area contributed by atoms with E-state index < -0.39 is 0 Å². The van der Waals surface area contributed by atoms with E-state index in [1.165, 1.54) is 10.9 Å². The predicted molar refractivity (Wildman–Crippen MR) is 83.4 cm³/mol. The molecule has 4 aromatic rings. The van der Waals surface area contributed by atoms with E-state index in [2.05, 4.69) is 26.5 Å². The highest BCUT2D eigenvalue weighted by Gasteiger charge is 2.15. The smallest absolute Gasteiger partial charge is 0.301 e. The van der Waals surface area contributed by atoms with Crippen LogP contribution in [0.3, 0.4) is 0 Å². The molecule has 0 spiro atoms. The lowest BCUT2D eigenvalue weighted by Crippen LogP contribution is -2.05. The number of para-hydroxylation sites is 2. The third-order valence-corrected chi connectivity index (χ3v) is 3.28. The fourth-order valence-corrected chi connectivity index (χ4v) is 2.23. The van der Waals surface area contributed by atoms with E-state index in [4.69, 9.17) is 4.42 Å². The number of anilines is 2. The zero-order valence-electron chi connectivity index (χ0n) is 11.8. The van der Waals surface area contributed by atoms with E-state index in [1.807, 2.05) is 36.4 Å². The molecule has 0 aliphatic heterocycles.